The van der Waals surface area contributed by atoms with Crippen LogP contribution in [0, 0.1) is 0 Å². The van der Waals surface area contributed by atoms with Crippen LogP contribution >= 0.6 is 0 Å². The van der Waals surface area contributed by atoms with Crippen molar-refractivity contribution in [3.05, 3.63) is 60.7 Å². The molecule has 4 nitrogen and oxygen atoms in total. The van der Waals surface area contributed by atoms with Gasteiger partial charge in [-0.2, -0.15) is 8.78 Å². The third-order valence-electron chi connectivity index (χ3n) is 3.04. The summed E-state index contributed by atoms with van der Waals surface area (Å²) in [6.07, 6.45) is -1.86. The normalized spacial score (nSPS) is 11.9. The molecular weight excluding hydrogens is 326 g/mol. The van der Waals surface area contributed by atoms with Gasteiger partial charge in [-0.25, -0.2) is 8.42 Å². The number of hydrogen-bond acceptors (Lipinski definition) is 4. The highest BCUT2D eigenvalue weighted by Crippen LogP contribution is 2.33. The second-order valence-corrected chi connectivity index (χ2v) is 6.82. The van der Waals surface area contributed by atoms with E-state index in [9.17, 15) is 22.0 Å². The lowest BCUT2D eigenvalue weighted by Gasteiger charge is -2.16. The van der Waals surface area contributed by atoms with Crippen LogP contribution in [0.2, 0.25) is 0 Å². The Labute approximate surface area is 132 Å². The van der Waals surface area contributed by atoms with Crippen molar-refractivity contribution in [3.8, 4) is 5.75 Å². The van der Waals surface area contributed by atoms with E-state index in [0.717, 1.165) is 12.1 Å². The molecule has 0 aliphatic carbocycles. The molecule has 0 heterocycles. The van der Waals surface area contributed by atoms with Crippen molar-refractivity contribution in [3.63, 3.8) is 0 Å². The molecule has 0 fully saturated rings. The van der Waals surface area contributed by atoms with Crippen LogP contribution in [0.4, 0.5) is 8.78 Å². The molecule has 23 heavy (non-hydrogen) atoms. The van der Waals surface area contributed by atoms with Crippen LogP contribution in [0.3, 0.4) is 0 Å². The van der Waals surface area contributed by atoms with E-state index in [2.05, 4.69) is 0 Å². The first-order valence-electron chi connectivity index (χ1n) is 6.76. The van der Waals surface area contributed by atoms with Crippen LogP contribution in [0.15, 0.2) is 65.6 Å². The Morgan fingerprint density at radius 3 is 2.04 bits per heavy atom. The van der Waals surface area contributed by atoms with Crippen molar-refractivity contribution in [2.45, 2.75) is 23.0 Å². The minimum atomic E-state index is -4.85. The summed E-state index contributed by atoms with van der Waals surface area (Å²) in [5, 5.41) is -4.05. The van der Waals surface area contributed by atoms with Gasteiger partial charge in [0.15, 0.2) is 0 Å². The zero-order chi connectivity index (χ0) is 16.9. The van der Waals surface area contributed by atoms with Crippen molar-refractivity contribution in [2.24, 2.45) is 0 Å². The molecule has 0 spiro atoms. The number of para-hydroxylation sites is 1. The predicted octanol–water partition coefficient (Wildman–Crippen LogP) is 3.44. The van der Waals surface area contributed by atoms with Gasteiger partial charge in [0, 0.05) is 6.42 Å². The average Bonchev–Trinajstić information content (AvgIpc) is 2.55. The standard InChI is InChI=1S/C16H14F2O4S/c17-16(18,23(20,21)14-9-5-2-6-10-14)12-11-15(19)22-13-7-3-1-4-8-13/h1-10H,11-12H2. The Hall–Kier alpha value is -2.28. The van der Waals surface area contributed by atoms with Crippen LogP contribution in [-0.4, -0.2) is 19.6 Å². The van der Waals surface area contributed by atoms with Crippen LogP contribution < -0.4 is 4.74 Å². The minimum Gasteiger partial charge on any atom is -0.427 e. The Balaban J connectivity index is 2.02. The van der Waals surface area contributed by atoms with E-state index in [4.69, 9.17) is 4.74 Å². The van der Waals surface area contributed by atoms with Gasteiger partial charge >= 0.3 is 11.2 Å². The highest BCUT2D eigenvalue weighted by molar-refractivity contribution is 7.92. The van der Waals surface area contributed by atoms with E-state index in [1.165, 1.54) is 30.3 Å². The average molecular weight is 340 g/mol. The van der Waals surface area contributed by atoms with Crippen molar-refractivity contribution in [1.82, 2.24) is 0 Å². The molecule has 2 rings (SSSR count). The molecule has 2 aromatic carbocycles. The highest BCUT2D eigenvalue weighted by Gasteiger charge is 2.45. The number of alkyl halides is 2. The molecule has 0 atom stereocenters. The number of halogens is 2. The lowest BCUT2D eigenvalue weighted by atomic mass is 10.3. The van der Waals surface area contributed by atoms with Crippen molar-refractivity contribution in [1.29, 1.82) is 0 Å². The zero-order valence-electron chi connectivity index (χ0n) is 12.0. The first-order chi connectivity index (χ1) is 10.8. The molecular formula is C16H14F2O4S. The van der Waals surface area contributed by atoms with Crippen molar-refractivity contribution in [2.75, 3.05) is 0 Å². The van der Waals surface area contributed by atoms with E-state index in [-0.39, 0.29) is 5.75 Å². The monoisotopic (exact) mass is 340 g/mol. The van der Waals surface area contributed by atoms with E-state index in [0.29, 0.717) is 0 Å². The van der Waals surface area contributed by atoms with Gasteiger partial charge in [0.25, 0.3) is 0 Å². The third-order valence-corrected chi connectivity index (χ3v) is 4.92. The molecule has 0 aliphatic rings. The fraction of sp³-hybridized carbons (Fsp3) is 0.188. The topological polar surface area (TPSA) is 60.4 Å². The van der Waals surface area contributed by atoms with Crippen LogP contribution in [0.25, 0.3) is 0 Å². The number of carbonyl (C=O) groups excluding carboxylic acids is 1. The van der Waals surface area contributed by atoms with Gasteiger partial charge in [-0.05, 0) is 24.3 Å². The molecule has 7 heteroatoms. The molecule has 0 N–H and O–H groups in total. The molecule has 0 aromatic heterocycles. The zero-order valence-corrected chi connectivity index (χ0v) is 12.8. The van der Waals surface area contributed by atoms with E-state index >= 15 is 0 Å². The van der Waals surface area contributed by atoms with E-state index < -0.39 is 38.8 Å². The maximum atomic E-state index is 14.0. The lowest BCUT2D eigenvalue weighted by Crippen LogP contribution is -2.30. The van der Waals surface area contributed by atoms with Crippen molar-refractivity contribution >= 4 is 15.8 Å². The summed E-state index contributed by atoms with van der Waals surface area (Å²) >= 11 is 0. The summed E-state index contributed by atoms with van der Waals surface area (Å²) in [5.41, 5.74) is 0. The Morgan fingerprint density at radius 1 is 0.957 bits per heavy atom. The SMILES string of the molecule is O=C(CCC(F)(F)S(=O)(=O)c1ccccc1)Oc1ccccc1. The van der Waals surface area contributed by atoms with Gasteiger partial charge in [0.05, 0.1) is 11.3 Å². The third kappa shape index (κ3) is 4.13. The van der Waals surface area contributed by atoms with Crippen LogP contribution in [-0.2, 0) is 14.6 Å². The number of hydrogen-bond donors (Lipinski definition) is 0. The molecule has 0 saturated heterocycles. The maximum Gasteiger partial charge on any atom is 0.350 e. The quantitative estimate of drug-likeness (QED) is 0.597. The van der Waals surface area contributed by atoms with Gasteiger partial charge in [0.1, 0.15) is 5.75 Å². The van der Waals surface area contributed by atoms with Crippen molar-refractivity contribution < 1.29 is 26.7 Å². The molecule has 2 aromatic rings. The largest absolute Gasteiger partial charge is 0.427 e. The van der Waals surface area contributed by atoms with Crippen LogP contribution in [0.1, 0.15) is 12.8 Å². The molecule has 0 saturated carbocycles. The highest BCUT2D eigenvalue weighted by atomic mass is 32.2. The van der Waals surface area contributed by atoms with Gasteiger partial charge in [-0.15, -0.1) is 0 Å². The fourth-order valence-electron chi connectivity index (χ4n) is 1.83. The molecule has 0 amide bonds. The van der Waals surface area contributed by atoms with Gasteiger partial charge in [-0.1, -0.05) is 36.4 Å². The second kappa shape index (κ2) is 6.87. The smallest absolute Gasteiger partial charge is 0.350 e. The summed E-state index contributed by atoms with van der Waals surface area (Å²) in [6, 6.07) is 14.4. The summed E-state index contributed by atoms with van der Waals surface area (Å²) in [4.78, 5) is 11.1. The number of rotatable bonds is 6. The van der Waals surface area contributed by atoms with Gasteiger partial charge in [-0.3, -0.25) is 4.79 Å². The van der Waals surface area contributed by atoms with Gasteiger partial charge in [0.2, 0.25) is 9.84 Å². The van der Waals surface area contributed by atoms with E-state index in [1.807, 2.05) is 0 Å². The summed E-state index contributed by atoms with van der Waals surface area (Å²) < 4.78 is 56.7. The Morgan fingerprint density at radius 2 is 1.48 bits per heavy atom. The molecule has 122 valence electrons. The fourth-order valence-corrected chi connectivity index (χ4v) is 3.06. The molecule has 0 bridgehead atoms. The minimum absolute atomic E-state index is 0.215. The predicted molar refractivity (Wildman–Crippen MR) is 79.9 cm³/mol. The first kappa shape index (κ1) is 17.1. The number of esters is 1. The Bertz CT molecular complexity index is 759. The number of sulfone groups is 1. The number of carbonyl (C=O) groups is 1. The summed E-state index contributed by atoms with van der Waals surface area (Å²) in [7, 11) is -4.85. The second-order valence-electron chi connectivity index (χ2n) is 4.74. The number of benzene rings is 2. The molecule has 0 unspecified atom stereocenters. The summed E-state index contributed by atoms with van der Waals surface area (Å²) in [5.74, 6) is -0.703. The summed E-state index contributed by atoms with van der Waals surface area (Å²) in [6.45, 7) is 0. The first-order valence-corrected chi connectivity index (χ1v) is 8.24. The van der Waals surface area contributed by atoms with E-state index in [1.54, 1.807) is 18.2 Å². The van der Waals surface area contributed by atoms with Crippen LogP contribution in [0.5, 0.6) is 5.75 Å². The molecule has 0 radical (unpaired) electrons. The molecule has 0 aliphatic heterocycles. The Kier molecular flexibility index (Phi) is 5.10. The maximum absolute atomic E-state index is 14.0. The lowest BCUT2D eigenvalue weighted by molar-refractivity contribution is -0.135. The van der Waals surface area contributed by atoms with Gasteiger partial charge < -0.3 is 4.74 Å². The number of ether oxygens (including phenoxy) is 1.